The summed E-state index contributed by atoms with van der Waals surface area (Å²) in [5.74, 6) is 1.85. The highest BCUT2D eigenvalue weighted by Gasteiger charge is 2.14. The van der Waals surface area contributed by atoms with Crippen LogP contribution in [-0.4, -0.2) is 0 Å². The predicted octanol–water partition coefficient (Wildman–Crippen LogP) is 5.68. The van der Waals surface area contributed by atoms with Gasteiger partial charge in [-0.05, 0) is 65.8 Å². The summed E-state index contributed by atoms with van der Waals surface area (Å²) in [7, 11) is 0. The van der Waals surface area contributed by atoms with Crippen LogP contribution in [0.3, 0.4) is 0 Å². The third-order valence-corrected chi connectivity index (χ3v) is 5.18. The van der Waals surface area contributed by atoms with Gasteiger partial charge in [0.25, 0.3) is 0 Å². The fourth-order valence-electron chi connectivity index (χ4n) is 3.46. The summed E-state index contributed by atoms with van der Waals surface area (Å²) in [4.78, 5) is 10.1. The van der Waals surface area contributed by atoms with Crippen LogP contribution in [0.5, 0.6) is 11.5 Å². The topological polar surface area (TPSA) is 53.7 Å². The van der Waals surface area contributed by atoms with E-state index in [2.05, 4.69) is 38.1 Å². The fourth-order valence-corrected chi connectivity index (χ4v) is 3.46. The largest absolute Gasteiger partial charge is 0.455 e. The molecule has 1 aliphatic rings. The molecule has 1 unspecified atom stereocenters. The summed E-state index contributed by atoms with van der Waals surface area (Å²) < 4.78 is 5.92. The van der Waals surface area contributed by atoms with Gasteiger partial charge < -0.3 is 10.5 Å². The number of aryl methyl sites for hydroxylation is 1. The first-order valence-electron chi connectivity index (χ1n) is 9.57. The third kappa shape index (κ3) is 4.19. The first kappa shape index (κ1) is 18.5. The van der Waals surface area contributed by atoms with E-state index in [9.17, 15) is 0 Å². The molecule has 28 heavy (non-hydrogen) atoms. The van der Waals surface area contributed by atoms with E-state index >= 15 is 0 Å². The lowest BCUT2D eigenvalue weighted by Crippen LogP contribution is -2.09. The number of fused-ring (bicyclic) bond motifs is 1. The molecule has 0 saturated carbocycles. The van der Waals surface area contributed by atoms with Gasteiger partial charge in [0.2, 0.25) is 0 Å². The Kier molecular flexibility index (Phi) is 5.33. The fraction of sp³-hybridized carbons (Fsp3) is 0.250. The number of anilines is 1. The number of ether oxygens (including phenoxy) is 1. The predicted molar refractivity (Wildman–Crippen MR) is 110 cm³/mol. The Morgan fingerprint density at radius 1 is 0.929 bits per heavy atom. The zero-order chi connectivity index (χ0) is 19.5. The molecule has 4 nitrogen and oxygen atoms in total. The minimum absolute atomic E-state index is 0.372. The van der Waals surface area contributed by atoms with Gasteiger partial charge in [-0.1, -0.05) is 48.9 Å². The summed E-state index contributed by atoms with van der Waals surface area (Å²) in [5, 5.41) is 0. The van der Waals surface area contributed by atoms with Gasteiger partial charge >= 0.3 is 0 Å². The van der Waals surface area contributed by atoms with Crippen LogP contribution in [0.1, 0.15) is 40.7 Å². The number of nitrogens with two attached hydrogens (primary N) is 1. The molecule has 3 aromatic carbocycles. The van der Waals surface area contributed by atoms with Gasteiger partial charge in [0, 0.05) is 0 Å². The smallest absolute Gasteiger partial charge is 0.150 e. The van der Waals surface area contributed by atoms with Crippen molar-refractivity contribution in [3.8, 4) is 11.5 Å². The molecule has 0 aliphatic carbocycles. The molecular weight excluding hydrogens is 350 g/mol. The standard InChI is InChI=1S/C24H25NO3/c1-16-3-8-22(9-4-16)28-24-10-5-18(12-23(24)25)11-17(2)19-6-7-20-14-26-27-15-21(20)13-19/h3-10,12-13,17H,11,14-15,25H2,1-2H3. The molecule has 3 aromatic rings. The molecule has 0 amide bonds. The van der Waals surface area contributed by atoms with Crippen molar-refractivity contribution in [1.82, 2.24) is 0 Å². The van der Waals surface area contributed by atoms with Gasteiger partial charge in [-0.15, -0.1) is 0 Å². The van der Waals surface area contributed by atoms with Crippen molar-refractivity contribution in [1.29, 1.82) is 0 Å². The Labute approximate surface area is 165 Å². The lowest BCUT2D eigenvalue weighted by Gasteiger charge is -2.19. The normalized spacial score (nSPS) is 14.4. The number of hydrogen-bond acceptors (Lipinski definition) is 4. The SMILES string of the molecule is Cc1ccc(Oc2ccc(CC(C)c3ccc4c(c3)COOC4)cc2N)cc1. The van der Waals surface area contributed by atoms with Gasteiger partial charge in [0.05, 0.1) is 5.69 Å². The van der Waals surface area contributed by atoms with Crippen molar-refractivity contribution in [2.24, 2.45) is 0 Å². The summed E-state index contributed by atoms with van der Waals surface area (Å²) >= 11 is 0. The molecule has 0 saturated heterocycles. The van der Waals surface area contributed by atoms with E-state index in [1.807, 2.05) is 36.4 Å². The number of benzene rings is 3. The summed E-state index contributed by atoms with van der Waals surface area (Å²) in [6.07, 6.45) is 0.908. The zero-order valence-corrected chi connectivity index (χ0v) is 16.3. The van der Waals surface area contributed by atoms with E-state index in [-0.39, 0.29) is 0 Å². The second kappa shape index (κ2) is 8.05. The molecule has 4 heteroatoms. The molecule has 0 radical (unpaired) electrons. The minimum atomic E-state index is 0.372. The van der Waals surface area contributed by atoms with Crippen molar-refractivity contribution >= 4 is 5.69 Å². The van der Waals surface area contributed by atoms with Crippen LogP contribution < -0.4 is 10.5 Å². The summed E-state index contributed by atoms with van der Waals surface area (Å²) in [5.41, 5.74) is 13.0. The molecule has 1 aliphatic heterocycles. The van der Waals surface area contributed by atoms with Gasteiger partial charge in [-0.3, -0.25) is 0 Å². The molecule has 4 rings (SSSR count). The zero-order valence-electron chi connectivity index (χ0n) is 16.3. The lowest BCUT2D eigenvalue weighted by molar-refractivity contribution is -0.322. The average Bonchev–Trinajstić information content (AvgIpc) is 2.71. The third-order valence-electron chi connectivity index (χ3n) is 5.18. The van der Waals surface area contributed by atoms with E-state index in [1.165, 1.54) is 27.8 Å². The van der Waals surface area contributed by atoms with E-state index < -0.39 is 0 Å². The van der Waals surface area contributed by atoms with Gasteiger partial charge in [0.1, 0.15) is 24.7 Å². The van der Waals surface area contributed by atoms with Crippen LogP contribution in [0.4, 0.5) is 5.69 Å². The van der Waals surface area contributed by atoms with Crippen molar-refractivity contribution in [2.45, 2.75) is 39.4 Å². The number of rotatable bonds is 5. The average molecular weight is 375 g/mol. The second-order valence-corrected chi connectivity index (χ2v) is 7.44. The Morgan fingerprint density at radius 2 is 1.68 bits per heavy atom. The molecule has 0 bridgehead atoms. The Hall–Kier alpha value is -2.82. The molecule has 1 atom stereocenters. The first-order valence-corrected chi connectivity index (χ1v) is 9.57. The molecule has 0 fully saturated rings. The van der Waals surface area contributed by atoms with Gasteiger partial charge in [-0.2, -0.15) is 0 Å². The van der Waals surface area contributed by atoms with E-state index in [4.69, 9.17) is 20.2 Å². The van der Waals surface area contributed by atoms with Crippen LogP contribution in [0.2, 0.25) is 0 Å². The molecule has 1 heterocycles. The molecule has 0 spiro atoms. The number of nitrogen functional groups attached to an aromatic ring is 1. The Balaban J connectivity index is 1.46. The maximum absolute atomic E-state index is 6.25. The molecular formula is C24H25NO3. The van der Waals surface area contributed by atoms with Crippen molar-refractivity contribution in [3.05, 3.63) is 88.5 Å². The Bertz CT molecular complexity index is 966. The molecule has 144 valence electrons. The highest BCUT2D eigenvalue weighted by molar-refractivity contribution is 5.56. The van der Waals surface area contributed by atoms with E-state index in [0.29, 0.717) is 30.6 Å². The van der Waals surface area contributed by atoms with Gasteiger partial charge in [-0.25, -0.2) is 9.78 Å². The maximum atomic E-state index is 6.25. The van der Waals surface area contributed by atoms with Crippen molar-refractivity contribution in [2.75, 3.05) is 5.73 Å². The quantitative estimate of drug-likeness (QED) is 0.461. The van der Waals surface area contributed by atoms with E-state index in [0.717, 1.165) is 12.2 Å². The minimum Gasteiger partial charge on any atom is -0.455 e. The van der Waals surface area contributed by atoms with Crippen LogP contribution in [-0.2, 0) is 29.4 Å². The Morgan fingerprint density at radius 3 is 2.43 bits per heavy atom. The highest BCUT2D eigenvalue weighted by atomic mass is 17.2. The number of hydrogen-bond donors (Lipinski definition) is 1. The van der Waals surface area contributed by atoms with Crippen LogP contribution >= 0.6 is 0 Å². The molecule has 0 aromatic heterocycles. The summed E-state index contributed by atoms with van der Waals surface area (Å²) in [6, 6.07) is 20.5. The van der Waals surface area contributed by atoms with Crippen LogP contribution in [0.15, 0.2) is 60.7 Å². The van der Waals surface area contributed by atoms with Gasteiger partial charge in [0.15, 0.2) is 0 Å². The van der Waals surface area contributed by atoms with Crippen LogP contribution in [0, 0.1) is 6.92 Å². The second-order valence-electron chi connectivity index (χ2n) is 7.44. The van der Waals surface area contributed by atoms with Crippen molar-refractivity contribution in [3.63, 3.8) is 0 Å². The van der Waals surface area contributed by atoms with E-state index in [1.54, 1.807) is 0 Å². The van der Waals surface area contributed by atoms with Crippen LogP contribution in [0.25, 0.3) is 0 Å². The monoisotopic (exact) mass is 375 g/mol. The molecule has 2 N–H and O–H groups in total. The highest BCUT2D eigenvalue weighted by Crippen LogP contribution is 2.31. The maximum Gasteiger partial charge on any atom is 0.150 e. The van der Waals surface area contributed by atoms with Crippen molar-refractivity contribution < 1.29 is 14.5 Å². The lowest BCUT2D eigenvalue weighted by atomic mass is 9.91. The first-order chi connectivity index (χ1) is 13.6. The summed E-state index contributed by atoms with van der Waals surface area (Å²) in [6.45, 7) is 5.31.